The third kappa shape index (κ3) is 4.51. The van der Waals surface area contributed by atoms with Crippen LogP contribution in [-0.4, -0.2) is 101 Å². The van der Waals surface area contributed by atoms with Gasteiger partial charge in [-0.15, -0.1) is 0 Å². The number of piperidine rings is 1. The number of aromatic nitrogens is 5. The first-order valence-electron chi connectivity index (χ1n) is 12.2. The van der Waals surface area contributed by atoms with Gasteiger partial charge in [0.25, 0.3) is 0 Å². The van der Waals surface area contributed by atoms with Crippen molar-refractivity contribution in [2.24, 2.45) is 5.41 Å². The van der Waals surface area contributed by atoms with Crippen LogP contribution in [0.5, 0.6) is 0 Å². The van der Waals surface area contributed by atoms with Crippen LogP contribution in [0.25, 0.3) is 16.9 Å². The smallest absolute Gasteiger partial charge is 0.219 e. The Hall–Kier alpha value is -2.87. The van der Waals surface area contributed by atoms with Crippen LogP contribution in [0.3, 0.4) is 0 Å². The van der Waals surface area contributed by atoms with E-state index >= 15 is 0 Å². The normalized spacial score (nSPS) is 21.2. The van der Waals surface area contributed by atoms with Crippen molar-refractivity contribution in [1.29, 1.82) is 0 Å². The lowest BCUT2D eigenvalue weighted by molar-refractivity contribution is -0.0399. The number of nitrogens with two attached hydrogens (primary N) is 1. The predicted molar refractivity (Wildman–Crippen MR) is 135 cm³/mol. The standard InChI is InChI=1S/C23H31N9O3S/c1-36(33,34)32-4-2-23(3-5-32)15-29(16-23)12-18-13-31-14-19(17-10-25-22(24)26-11-17)28-21(20(31)27-18)30-6-8-35-9-7-30/h10-11,13-14H,2-9,12,15-16H2,1H3,(H2,24,25,26). The fourth-order valence-corrected chi connectivity index (χ4v) is 6.40. The summed E-state index contributed by atoms with van der Waals surface area (Å²) in [6.07, 6.45) is 10.5. The molecule has 6 heterocycles. The van der Waals surface area contributed by atoms with Crippen LogP contribution >= 0.6 is 0 Å². The van der Waals surface area contributed by atoms with Crippen molar-refractivity contribution < 1.29 is 13.2 Å². The van der Waals surface area contributed by atoms with Gasteiger partial charge in [0, 0.05) is 76.2 Å². The fraction of sp³-hybridized carbons (Fsp3) is 0.565. The molecule has 3 aromatic heterocycles. The molecule has 0 radical (unpaired) electrons. The van der Waals surface area contributed by atoms with Crippen molar-refractivity contribution in [3.05, 3.63) is 30.5 Å². The number of ether oxygens (including phenoxy) is 1. The van der Waals surface area contributed by atoms with E-state index in [2.05, 4.69) is 26.0 Å². The minimum atomic E-state index is -3.10. The highest BCUT2D eigenvalue weighted by molar-refractivity contribution is 7.88. The molecule has 3 fully saturated rings. The second kappa shape index (κ2) is 8.91. The number of nitrogen functional groups attached to an aromatic ring is 1. The van der Waals surface area contributed by atoms with Gasteiger partial charge in [0.2, 0.25) is 16.0 Å². The summed E-state index contributed by atoms with van der Waals surface area (Å²) in [4.78, 5) is 22.8. The molecule has 3 aliphatic rings. The fourth-order valence-electron chi connectivity index (χ4n) is 5.56. The van der Waals surface area contributed by atoms with Crippen molar-refractivity contribution >= 4 is 27.4 Å². The maximum atomic E-state index is 11.8. The molecule has 36 heavy (non-hydrogen) atoms. The highest BCUT2D eigenvalue weighted by Crippen LogP contribution is 2.41. The number of morpholine rings is 1. The summed E-state index contributed by atoms with van der Waals surface area (Å²) < 4.78 is 32.9. The van der Waals surface area contributed by atoms with Gasteiger partial charge in [-0.1, -0.05) is 0 Å². The summed E-state index contributed by atoms with van der Waals surface area (Å²) in [5, 5.41) is 0. The predicted octanol–water partition coefficient (Wildman–Crippen LogP) is 0.463. The van der Waals surface area contributed by atoms with Gasteiger partial charge in [-0.2, -0.15) is 0 Å². The third-order valence-electron chi connectivity index (χ3n) is 7.50. The van der Waals surface area contributed by atoms with Crippen LogP contribution in [0.1, 0.15) is 18.5 Å². The van der Waals surface area contributed by atoms with Gasteiger partial charge in [-0.05, 0) is 18.3 Å². The number of likely N-dealkylation sites (tertiary alicyclic amines) is 1. The first-order chi connectivity index (χ1) is 17.3. The maximum Gasteiger partial charge on any atom is 0.219 e. The Balaban J connectivity index is 1.22. The van der Waals surface area contributed by atoms with Crippen LogP contribution in [0.2, 0.25) is 0 Å². The zero-order valence-electron chi connectivity index (χ0n) is 20.4. The molecule has 0 saturated carbocycles. The molecule has 3 aliphatic heterocycles. The molecule has 3 saturated heterocycles. The average molecular weight is 514 g/mol. The lowest BCUT2D eigenvalue weighted by Gasteiger charge is -2.53. The minimum Gasteiger partial charge on any atom is -0.378 e. The second-order valence-electron chi connectivity index (χ2n) is 10.1. The molecule has 3 aromatic rings. The summed E-state index contributed by atoms with van der Waals surface area (Å²) in [5.74, 6) is 1.06. The van der Waals surface area contributed by atoms with Crippen LogP contribution in [0.4, 0.5) is 11.8 Å². The first kappa shape index (κ1) is 23.5. The SMILES string of the molecule is CS(=O)(=O)N1CCC2(CC1)CN(Cc1cn3cc(-c4cnc(N)nc4)nc(N4CCOCC4)c3n1)C2. The Morgan fingerprint density at radius 3 is 2.39 bits per heavy atom. The van der Waals surface area contributed by atoms with E-state index in [9.17, 15) is 8.42 Å². The van der Waals surface area contributed by atoms with Crippen LogP contribution < -0.4 is 10.6 Å². The van der Waals surface area contributed by atoms with Crippen molar-refractivity contribution in [3.8, 4) is 11.3 Å². The monoisotopic (exact) mass is 513 g/mol. The molecule has 13 heteroatoms. The second-order valence-corrected chi connectivity index (χ2v) is 12.1. The Kier molecular flexibility index (Phi) is 5.82. The number of nitrogens with zero attached hydrogens (tertiary/aromatic N) is 8. The summed E-state index contributed by atoms with van der Waals surface area (Å²) in [5.41, 5.74) is 9.26. The van der Waals surface area contributed by atoms with E-state index in [1.54, 1.807) is 16.7 Å². The molecule has 2 N–H and O–H groups in total. The highest BCUT2D eigenvalue weighted by atomic mass is 32.2. The van der Waals surface area contributed by atoms with Crippen molar-refractivity contribution in [3.63, 3.8) is 0 Å². The molecule has 192 valence electrons. The summed E-state index contributed by atoms with van der Waals surface area (Å²) in [6, 6.07) is 0. The molecule has 1 spiro atoms. The zero-order valence-corrected chi connectivity index (χ0v) is 21.2. The quantitative estimate of drug-likeness (QED) is 0.513. The van der Waals surface area contributed by atoms with E-state index in [0.29, 0.717) is 26.3 Å². The molecular weight excluding hydrogens is 482 g/mol. The number of hydrogen-bond acceptors (Lipinski definition) is 10. The molecule has 0 aliphatic carbocycles. The number of imidazole rings is 1. The van der Waals surface area contributed by atoms with E-state index < -0.39 is 10.0 Å². The van der Waals surface area contributed by atoms with E-state index in [1.165, 1.54) is 6.26 Å². The van der Waals surface area contributed by atoms with Gasteiger partial charge in [-0.25, -0.2) is 32.7 Å². The molecule has 0 aromatic carbocycles. The van der Waals surface area contributed by atoms with Gasteiger partial charge in [0.15, 0.2) is 11.5 Å². The summed E-state index contributed by atoms with van der Waals surface area (Å²) >= 11 is 0. The highest BCUT2D eigenvalue weighted by Gasteiger charge is 2.45. The Bertz CT molecular complexity index is 1350. The minimum absolute atomic E-state index is 0.225. The number of fused-ring (bicyclic) bond motifs is 1. The Morgan fingerprint density at radius 2 is 1.72 bits per heavy atom. The first-order valence-corrected chi connectivity index (χ1v) is 14.1. The number of sulfonamides is 1. The molecule has 0 bridgehead atoms. The topological polar surface area (TPSA) is 135 Å². The molecule has 0 amide bonds. The van der Waals surface area contributed by atoms with Gasteiger partial charge in [0.05, 0.1) is 30.9 Å². The van der Waals surface area contributed by atoms with Crippen LogP contribution in [0, 0.1) is 5.41 Å². The van der Waals surface area contributed by atoms with Gasteiger partial charge in [0.1, 0.15) is 0 Å². The number of rotatable bonds is 5. The van der Waals surface area contributed by atoms with Crippen LogP contribution in [0.15, 0.2) is 24.8 Å². The van der Waals surface area contributed by atoms with Crippen molar-refractivity contribution in [2.45, 2.75) is 19.4 Å². The van der Waals surface area contributed by atoms with E-state index in [0.717, 1.165) is 74.0 Å². The molecule has 0 atom stereocenters. The van der Waals surface area contributed by atoms with Gasteiger partial charge in [-0.3, -0.25) is 4.90 Å². The average Bonchev–Trinajstić information content (AvgIpc) is 3.26. The Labute approximate surface area is 210 Å². The van der Waals surface area contributed by atoms with E-state index in [4.69, 9.17) is 20.4 Å². The Morgan fingerprint density at radius 1 is 1.03 bits per heavy atom. The van der Waals surface area contributed by atoms with E-state index in [1.807, 2.05) is 10.6 Å². The van der Waals surface area contributed by atoms with Crippen LogP contribution in [-0.2, 0) is 21.3 Å². The van der Waals surface area contributed by atoms with Crippen molar-refractivity contribution in [1.82, 2.24) is 33.5 Å². The lowest BCUT2D eigenvalue weighted by atomic mass is 9.72. The molecule has 6 rings (SSSR count). The molecular formula is C23H31N9O3S. The summed E-state index contributed by atoms with van der Waals surface area (Å²) in [7, 11) is -3.10. The lowest BCUT2D eigenvalue weighted by Crippen LogP contribution is -2.60. The largest absolute Gasteiger partial charge is 0.378 e. The molecule has 12 nitrogen and oxygen atoms in total. The van der Waals surface area contributed by atoms with E-state index in [-0.39, 0.29) is 11.4 Å². The summed E-state index contributed by atoms with van der Waals surface area (Å²) in [6.45, 7) is 6.76. The number of hydrogen-bond donors (Lipinski definition) is 1. The number of anilines is 2. The third-order valence-corrected chi connectivity index (χ3v) is 8.81. The maximum absolute atomic E-state index is 11.8. The van der Waals surface area contributed by atoms with Gasteiger partial charge >= 0.3 is 0 Å². The zero-order chi connectivity index (χ0) is 24.9. The molecule has 0 unspecified atom stereocenters. The van der Waals surface area contributed by atoms with Gasteiger partial charge < -0.3 is 19.8 Å². The van der Waals surface area contributed by atoms with Crippen molar-refractivity contribution in [2.75, 3.05) is 69.4 Å².